The van der Waals surface area contributed by atoms with Gasteiger partial charge in [-0.3, -0.25) is 9.89 Å². The van der Waals surface area contributed by atoms with Gasteiger partial charge in [-0.25, -0.2) is 0 Å². The van der Waals surface area contributed by atoms with Crippen molar-refractivity contribution in [2.24, 2.45) is 0 Å². The van der Waals surface area contributed by atoms with Crippen LogP contribution in [0.2, 0.25) is 0 Å². The van der Waals surface area contributed by atoms with Crippen molar-refractivity contribution in [3.8, 4) is 0 Å². The maximum absolute atomic E-state index is 11.5. The Morgan fingerprint density at radius 3 is 2.93 bits per heavy atom. The number of carbonyl (C=O) groups excluding carboxylic acids is 1. The van der Waals surface area contributed by atoms with Gasteiger partial charge in [0.2, 0.25) is 5.91 Å². The molecule has 0 fully saturated rings. The smallest absolute Gasteiger partial charge is 0.227 e. The maximum Gasteiger partial charge on any atom is 0.227 e. The second kappa shape index (κ2) is 4.23. The van der Waals surface area contributed by atoms with Crippen LogP contribution in [0.15, 0.2) is 12.4 Å². The molecule has 0 aliphatic rings. The molecule has 14 heavy (non-hydrogen) atoms. The van der Waals surface area contributed by atoms with E-state index in [1.807, 2.05) is 13.8 Å². The van der Waals surface area contributed by atoms with Crippen molar-refractivity contribution in [3.05, 3.63) is 12.4 Å². The standard InChI is InChI=1S/C9H15N3O2/c1-9(2,14-3)4-8(13)12-7-5-10-11-6-7/h5-6H,4H2,1-3H3,(H,10,11)(H,12,13). The average Bonchev–Trinajstić information content (AvgIpc) is 2.55. The normalized spacial score (nSPS) is 11.4. The van der Waals surface area contributed by atoms with Crippen LogP contribution in [0.3, 0.4) is 0 Å². The molecule has 0 spiro atoms. The van der Waals surface area contributed by atoms with Gasteiger partial charge in [0.25, 0.3) is 0 Å². The third kappa shape index (κ3) is 3.18. The zero-order valence-electron chi connectivity index (χ0n) is 8.63. The highest BCUT2D eigenvalue weighted by Crippen LogP contribution is 2.14. The zero-order valence-corrected chi connectivity index (χ0v) is 8.63. The van der Waals surface area contributed by atoms with E-state index in [0.29, 0.717) is 12.1 Å². The molecule has 78 valence electrons. The number of amides is 1. The van der Waals surface area contributed by atoms with Crippen LogP contribution in [0.1, 0.15) is 20.3 Å². The number of hydrogen-bond acceptors (Lipinski definition) is 3. The second-order valence-electron chi connectivity index (χ2n) is 3.68. The van der Waals surface area contributed by atoms with Crippen LogP contribution in [0.5, 0.6) is 0 Å². The molecule has 0 aliphatic heterocycles. The summed E-state index contributed by atoms with van der Waals surface area (Å²) in [7, 11) is 1.59. The number of ether oxygens (including phenoxy) is 1. The molecule has 0 saturated carbocycles. The van der Waals surface area contributed by atoms with Crippen molar-refractivity contribution in [2.45, 2.75) is 25.9 Å². The molecule has 5 nitrogen and oxygen atoms in total. The van der Waals surface area contributed by atoms with Gasteiger partial charge in [-0.15, -0.1) is 0 Å². The van der Waals surface area contributed by atoms with E-state index in [9.17, 15) is 4.79 Å². The Hall–Kier alpha value is -1.36. The Kier molecular flexibility index (Phi) is 3.24. The van der Waals surface area contributed by atoms with Crippen molar-refractivity contribution in [2.75, 3.05) is 12.4 Å². The Balaban J connectivity index is 2.44. The fourth-order valence-corrected chi connectivity index (χ4v) is 0.983. The number of aromatic nitrogens is 2. The first-order valence-electron chi connectivity index (χ1n) is 4.37. The molecule has 1 rings (SSSR count). The van der Waals surface area contributed by atoms with Crippen LogP contribution in [0, 0.1) is 0 Å². The van der Waals surface area contributed by atoms with Gasteiger partial charge >= 0.3 is 0 Å². The molecule has 1 heterocycles. The highest BCUT2D eigenvalue weighted by molar-refractivity contribution is 5.90. The Bertz CT molecular complexity index is 293. The molecule has 0 atom stereocenters. The first-order chi connectivity index (χ1) is 6.53. The average molecular weight is 197 g/mol. The van der Waals surface area contributed by atoms with Crippen molar-refractivity contribution < 1.29 is 9.53 Å². The number of anilines is 1. The summed E-state index contributed by atoms with van der Waals surface area (Å²) in [5, 5.41) is 9.04. The second-order valence-corrected chi connectivity index (χ2v) is 3.68. The van der Waals surface area contributed by atoms with Crippen molar-refractivity contribution in [1.82, 2.24) is 10.2 Å². The topological polar surface area (TPSA) is 67.0 Å². The van der Waals surface area contributed by atoms with Crippen LogP contribution >= 0.6 is 0 Å². The fraction of sp³-hybridized carbons (Fsp3) is 0.556. The number of aromatic amines is 1. The van der Waals surface area contributed by atoms with E-state index in [-0.39, 0.29) is 5.91 Å². The number of carbonyl (C=O) groups is 1. The first kappa shape index (κ1) is 10.7. The number of H-pyrrole nitrogens is 1. The molecule has 0 radical (unpaired) electrons. The van der Waals surface area contributed by atoms with Gasteiger partial charge in [0, 0.05) is 13.3 Å². The van der Waals surface area contributed by atoms with Crippen LogP contribution in [-0.2, 0) is 9.53 Å². The molecule has 1 amide bonds. The lowest BCUT2D eigenvalue weighted by molar-refractivity contribution is -0.121. The summed E-state index contributed by atoms with van der Waals surface area (Å²) < 4.78 is 5.14. The maximum atomic E-state index is 11.5. The largest absolute Gasteiger partial charge is 0.378 e. The minimum absolute atomic E-state index is 0.0850. The number of hydrogen-bond donors (Lipinski definition) is 2. The van der Waals surface area contributed by atoms with Gasteiger partial charge in [0.05, 0.1) is 23.9 Å². The highest BCUT2D eigenvalue weighted by atomic mass is 16.5. The summed E-state index contributed by atoms with van der Waals surface area (Å²) in [4.78, 5) is 11.5. The third-order valence-corrected chi connectivity index (χ3v) is 1.92. The van der Waals surface area contributed by atoms with Crippen molar-refractivity contribution in [1.29, 1.82) is 0 Å². The van der Waals surface area contributed by atoms with Crippen LogP contribution in [0.25, 0.3) is 0 Å². The van der Waals surface area contributed by atoms with Gasteiger partial charge in [0.15, 0.2) is 0 Å². The van der Waals surface area contributed by atoms with Crippen molar-refractivity contribution in [3.63, 3.8) is 0 Å². The zero-order chi connectivity index (χ0) is 10.6. The van der Waals surface area contributed by atoms with E-state index < -0.39 is 5.60 Å². The summed E-state index contributed by atoms with van der Waals surface area (Å²) in [5.41, 5.74) is 0.232. The summed E-state index contributed by atoms with van der Waals surface area (Å²) >= 11 is 0. The van der Waals surface area contributed by atoms with Crippen LogP contribution in [-0.4, -0.2) is 28.8 Å². The number of rotatable bonds is 4. The van der Waals surface area contributed by atoms with E-state index >= 15 is 0 Å². The molecule has 0 bridgehead atoms. The molecule has 0 aromatic carbocycles. The van der Waals surface area contributed by atoms with E-state index in [0.717, 1.165) is 0 Å². The van der Waals surface area contributed by atoms with Gasteiger partial charge in [-0.2, -0.15) is 5.10 Å². The van der Waals surface area contributed by atoms with E-state index in [1.54, 1.807) is 19.5 Å². The minimum Gasteiger partial charge on any atom is -0.378 e. The Labute approximate surface area is 82.8 Å². The number of methoxy groups -OCH3 is 1. The lowest BCUT2D eigenvalue weighted by atomic mass is 10.1. The van der Waals surface area contributed by atoms with Gasteiger partial charge < -0.3 is 10.1 Å². The van der Waals surface area contributed by atoms with Gasteiger partial charge in [0.1, 0.15) is 0 Å². The number of nitrogens with zero attached hydrogens (tertiary/aromatic N) is 1. The van der Waals surface area contributed by atoms with Crippen molar-refractivity contribution >= 4 is 11.6 Å². The lowest BCUT2D eigenvalue weighted by Gasteiger charge is -2.21. The highest BCUT2D eigenvalue weighted by Gasteiger charge is 2.20. The molecule has 0 saturated heterocycles. The van der Waals surface area contributed by atoms with E-state index in [1.165, 1.54) is 0 Å². The SMILES string of the molecule is COC(C)(C)CC(=O)Nc1cn[nH]c1. The molecule has 5 heteroatoms. The van der Waals surface area contributed by atoms with E-state index in [4.69, 9.17) is 4.74 Å². The quantitative estimate of drug-likeness (QED) is 0.761. The molecule has 2 N–H and O–H groups in total. The summed E-state index contributed by atoms with van der Waals surface area (Å²) in [5.74, 6) is -0.0850. The predicted molar refractivity (Wildman–Crippen MR) is 52.9 cm³/mol. The molecular formula is C9H15N3O2. The lowest BCUT2D eigenvalue weighted by Crippen LogP contribution is -2.29. The van der Waals surface area contributed by atoms with Crippen LogP contribution < -0.4 is 5.32 Å². The number of nitrogens with one attached hydrogen (secondary N) is 2. The molecule has 1 aromatic heterocycles. The molecule has 0 aliphatic carbocycles. The van der Waals surface area contributed by atoms with Crippen LogP contribution in [0.4, 0.5) is 5.69 Å². The monoisotopic (exact) mass is 197 g/mol. The Morgan fingerprint density at radius 1 is 1.71 bits per heavy atom. The summed E-state index contributed by atoms with van der Waals surface area (Å²) in [6.07, 6.45) is 3.49. The van der Waals surface area contributed by atoms with Gasteiger partial charge in [-0.05, 0) is 13.8 Å². The summed E-state index contributed by atoms with van der Waals surface area (Å²) in [6.45, 7) is 3.73. The Morgan fingerprint density at radius 2 is 2.43 bits per heavy atom. The predicted octanol–water partition coefficient (Wildman–Crippen LogP) is 1.16. The van der Waals surface area contributed by atoms with E-state index in [2.05, 4.69) is 15.5 Å². The fourth-order valence-electron chi connectivity index (χ4n) is 0.983. The third-order valence-electron chi connectivity index (χ3n) is 1.92. The molecule has 0 unspecified atom stereocenters. The van der Waals surface area contributed by atoms with Gasteiger partial charge in [-0.1, -0.05) is 0 Å². The molecule has 1 aromatic rings. The molecular weight excluding hydrogens is 182 g/mol. The minimum atomic E-state index is -0.437. The first-order valence-corrected chi connectivity index (χ1v) is 4.37. The summed E-state index contributed by atoms with van der Waals surface area (Å²) in [6, 6.07) is 0.